The Kier molecular flexibility index (Phi) is 6.50. The van der Waals surface area contributed by atoms with Crippen molar-refractivity contribution in [2.45, 2.75) is 32.2 Å². The molecule has 162 valence electrons. The highest BCUT2D eigenvalue weighted by molar-refractivity contribution is 5.94. The minimum absolute atomic E-state index is 0.0530. The number of urea groups is 1. The number of para-hydroxylation sites is 1. The maximum Gasteiger partial charge on any atom is 0.317 e. The third-order valence-electron chi connectivity index (χ3n) is 5.71. The van der Waals surface area contributed by atoms with E-state index in [2.05, 4.69) is 16.0 Å². The van der Waals surface area contributed by atoms with Crippen LogP contribution in [0.15, 0.2) is 54.6 Å². The van der Waals surface area contributed by atoms with Crippen molar-refractivity contribution in [3.63, 3.8) is 0 Å². The minimum Gasteiger partial charge on any atom is -0.334 e. The molecule has 0 radical (unpaired) electrons. The van der Waals surface area contributed by atoms with Crippen LogP contribution in [-0.2, 0) is 16.1 Å². The second kappa shape index (κ2) is 9.64. The number of piperidine rings is 1. The van der Waals surface area contributed by atoms with Crippen molar-refractivity contribution in [2.24, 2.45) is 11.8 Å². The zero-order chi connectivity index (χ0) is 21.6. The summed E-state index contributed by atoms with van der Waals surface area (Å²) in [6.07, 6.45) is 3.48. The van der Waals surface area contributed by atoms with Crippen molar-refractivity contribution in [2.75, 3.05) is 23.7 Å². The molecule has 1 heterocycles. The van der Waals surface area contributed by atoms with Gasteiger partial charge in [-0.15, -0.1) is 0 Å². The zero-order valence-electron chi connectivity index (χ0n) is 17.5. The number of hydrogen-bond acceptors (Lipinski definition) is 3. The van der Waals surface area contributed by atoms with Crippen molar-refractivity contribution < 1.29 is 14.4 Å². The van der Waals surface area contributed by atoms with E-state index in [1.54, 1.807) is 4.90 Å². The Labute approximate surface area is 182 Å². The normalized spacial score (nSPS) is 18.2. The van der Waals surface area contributed by atoms with Crippen LogP contribution >= 0.6 is 0 Å². The number of carbonyl (C=O) groups excluding carboxylic acids is 3. The van der Waals surface area contributed by atoms with Crippen LogP contribution in [0.4, 0.5) is 16.2 Å². The lowest BCUT2D eigenvalue weighted by Gasteiger charge is -2.32. The number of likely N-dealkylation sites (tertiary alicyclic amines) is 1. The van der Waals surface area contributed by atoms with Gasteiger partial charge in [0.2, 0.25) is 11.8 Å². The van der Waals surface area contributed by atoms with E-state index in [0.717, 1.165) is 42.6 Å². The highest BCUT2D eigenvalue weighted by atomic mass is 16.2. The molecule has 1 aliphatic carbocycles. The molecule has 7 heteroatoms. The Morgan fingerprint density at radius 2 is 1.55 bits per heavy atom. The van der Waals surface area contributed by atoms with Gasteiger partial charge >= 0.3 is 6.03 Å². The van der Waals surface area contributed by atoms with Crippen LogP contribution in [0.1, 0.15) is 31.2 Å². The Morgan fingerprint density at radius 1 is 0.839 bits per heavy atom. The lowest BCUT2D eigenvalue weighted by Crippen LogP contribution is -2.47. The fraction of sp³-hybridized carbons (Fsp3) is 0.375. The summed E-state index contributed by atoms with van der Waals surface area (Å²) >= 11 is 0. The molecule has 3 N–H and O–H groups in total. The van der Waals surface area contributed by atoms with Crippen LogP contribution in [0.25, 0.3) is 0 Å². The average molecular weight is 421 g/mol. The largest absolute Gasteiger partial charge is 0.334 e. The van der Waals surface area contributed by atoms with E-state index in [0.29, 0.717) is 19.6 Å². The van der Waals surface area contributed by atoms with E-state index in [-0.39, 0.29) is 29.7 Å². The first-order chi connectivity index (χ1) is 15.1. The molecule has 2 fully saturated rings. The predicted molar refractivity (Wildman–Crippen MR) is 119 cm³/mol. The summed E-state index contributed by atoms with van der Waals surface area (Å²) in [5.74, 6) is -0.0627. The molecular weight excluding hydrogens is 392 g/mol. The fourth-order valence-corrected chi connectivity index (χ4v) is 3.78. The van der Waals surface area contributed by atoms with Gasteiger partial charge in [0.15, 0.2) is 0 Å². The molecule has 1 saturated carbocycles. The van der Waals surface area contributed by atoms with Crippen molar-refractivity contribution >= 4 is 29.2 Å². The molecule has 2 aromatic rings. The molecule has 0 unspecified atom stereocenters. The molecule has 2 aliphatic rings. The number of hydrogen-bond donors (Lipinski definition) is 3. The summed E-state index contributed by atoms with van der Waals surface area (Å²) < 4.78 is 0. The van der Waals surface area contributed by atoms with Gasteiger partial charge in [0.05, 0.1) is 5.92 Å². The molecule has 4 amide bonds. The van der Waals surface area contributed by atoms with E-state index in [9.17, 15) is 14.4 Å². The maximum absolute atomic E-state index is 12.7. The van der Waals surface area contributed by atoms with Gasteiger partial charge in [0.1, 0.15) is 0 Å². The van der Waals surface area contributed by atoms with Gasteiger partial charge < -0.3 is 20.9 Å². The molecule has 7 nitrogen and oxygen atoms in total. The predicted octanol–water partition coefficient (Wildman–Crippen LogP) is 3.60. The van der Waals surface area contributed by atoms with Gasteiger partial charge in [-0.3, -0.25) is 9.59 Å². The minimum atomic E-state index is -0.222. The first-order valence-electron chi connectivity index (χ1n) is 10.9. The van der Waals surface area contributed by atoms with Gasteiger partial charge in [-0.1, -0.05) is 30.3 Å². The Balaban J connectivity index is 1.27. The second-order valence-corrected chi connectivity index (χ2v) is 8.26. The summed E-state index contributed by atoms with van der Waals surface area (Å²) in [5, 5.41) is 8.79. The van der Waals surface area contributed by atoms with Crippen LogP contribution in [-0.4, -0.2) is 35.8 Å². The summed E-state index contributed by atoms with van der Waals surface area (Å²) in [4.78, 5) is 38.9. The Morgan fingerprint density at radius 3 is 2.32 bits per heavy atom. The van der Waals surface area contributed by atoms with Crippen LogP contribution in [0.3, 0.4) is 0 Å². The number of carbonyl (C=O) groups is 3. The SMILES string of the molecule is O=C(Nc1cccc(CNC(=O)N2CCC[C@@H](C(=O)Nc3ccccc3)C2)c1)C1CC1. The first-order valence-corrected chi connectivity index (χ1v) is 10.9. The van der Waals surface area contributed by atoms with E-state index < -0.39 is 0 Å². The number of nitrogens with zero attached hydrogens (tertiary/aromatic N) is 1. The van der Waals surface area contributed by atoms with Gasteiger partial charge in [0.25, 0.3) is 0 Å². The quantitative estimate of drug-likeness (QED) is 0.667. The average Bonchev–Trinajstić information content (AvgIpc) is 3.64. The third kappa shape index (κ3) is 5.84. The third-order valence-corrected chi connectivity index (χ3v) is 5.71. The lowest BCUT2D eigenvalue weighted by molar-refractivity contribution is -0.121. The number of rotatable bonds is 6. The van der Waals surface area contributed by atoms with Crippen molar-refractivity contribution in [1.29, 1.82) is 0 Å². The van der Waals surface area contributed by atoms with Crippen molar-refractivity contribution in [1.82, 2.24) is 10.2 Å². The molecule has 0 aromatic heterocycles. The van der Waals surface area contributed by atoms with Crippen molar-refractivity contribution in [3.8, 4) is 0 Å². The summed E-state index contributed by atoms with van der Waals surface area (Å²) in [5.41, 5.74) is 2.43. The van der Waals surface area contributed by atoms with E-state index in [1.807, 2.05) is 54.6 Å². The Hall–Kier alpha value is -3.35. The van der Waals surface area contributed by atoms with Crippen LogP contribution in [0, 0.1) is 11.8 Å². The highest BCUT2D eigenvalue weighted by Crippen LogP contribution is 2.30. The molecule has 1 saturated heterocycles. The maximum atomic E-state index is 12.7. The number of benzene rings is 2. The Bertz CT molecular complexity index is 943. The first kappa shape index (κ1) is 20.9. The van der Waals surface area contributed by atoms with Gasteiger partial charge in [0, 0.05) is 36.9 Å². The smallest absolute Gasteiger partial charge is 0.317 e. The van der Waals surface area contributed by atoms with Crippen LogP contribution in [0.5, 0.6) is 0 Å². The summed E-state index contributed by atoms with van der Waals surface area (Å²) in [7, 11) is 0. The summed E-state index contributed by atoms with van der Waals surface area (Å²) in [6, 6.07) is 16.7. The van der Waals surface area contributed by atoms with E-state index >= 15 is 0 Å². The zero-order valence-corrected chi connectivity index (χ0v) is 17.5. The highest BCUT2D eigenvalue weighted by Gasteiger charge is 2.30. The molecule has 4 rings (SSSR count). The number of anilines is 2. The van der Waals surface area contributed by atoms with Crippen LogP contribution in [0.2, 0.25) is 0 Å². The van der Waals surface area contributed by atoms with E-state index in [4.69, 9.17) is 0 Å². The van der Waals surface area contributed by atoms with E-state index in [1.165, 1.54) is 0 Å². The standard InChI is InChI=1S/C24H28N4O3/c29-22(18-11-12-18)27-21-10-4-6-17(14-21)15-25-24(31)28-13-5-7-19(16-28)23(30)26-20-8-2-1-3-9-20/h1-4,6,8-10,14,18-19H,5,7,11-13,15-16H2,(H,25,31)(H,26,30)(H,27,29)/t19-/m1/s1. The summed E-state index contributed by atoms with van der Waals surface area (Å²) in [6.45, 7) is 1.41. The lowest BCUT2D eigenvalue weighted by atomic mass is 9.97. The monoisotopic (exact) mass is 420 g/mol. The molecule has 1 atom stereocenters. The second-order valence-electron chi connectivity index (χ2n) is 8.26. The topological polar surface area (TPSA) is 90.5 Å². The van der Waals surface area contributed by atoms with Gasteiger partial charge in [-0.05, 0) is 55.5 Å². The van der Waals surface area contributed by atoms with Crippen LogP contribution < -0.4 is 16.0 Å². The molecule has 0 spiro atoms. The van der Waals surface area contributed by atoms with Gasteiger partial charge in [-0.2, -0.15) is 0 Å². The molecule has 1 aliphatic heterocycles. The molecular formula is C24H28N4O3. The number of amides is 4. The van der Waals surface area contributed by atoms with Gasteiger partial charge in [-0.25, -0.2) is 4.79 Å². The molecule has 2 aromatic carbocycles. The number of nitrogens with one attached hydrogen (secondary N) is 3. The molecule has 0 bridgehead atoms. The fourth-order valence-electron chi connectivity index (χ4n) is 3.78. The molecule has 31 heavy (non-hydrogen) atoms. The van der Waals surface area contributed by atoms with Crippen molar-refractivity contribution in [3.05, 3.63) is 60.2 Å².